The molecule has 0 radical (unpaired) electrons. The molecule has 2 aromatic heterocycles. The number of alkyl halides is 1. The number of ether oxygens (including phenoxy) is 1. The summed E-state index contributed by atoms with van der Waals surface area (Å²) in [5.74, 6) is 0.308. The van der Waals surface area contributed by atoms with E-state index in [1.807, 2.05) is 88.4 Å². The number of methoxy groups -OCH3 is 1. The molecule has 15 heteroatoms. The molecule has 2 saturated heterocycles. The summed E-state index contributed by atoms with van der Waals surface area (Å²) in [5.41, 5.74) is 6.98. The van der Waals surface area contributed by atoms with Gasteiger partial charge >= 0.3 is 12.2 Å². The fraction of sp³-hybridized carbons (Fsp3) is 0.429. The maximum absolute atomic E-state index is 14.8. The second-order valence-electron chi connectivity index (χ2n) is 16.0. The van der Waals surface area contributed by atoms with E-state index in [-0.39, 0.29) is 48.6 Å². The first-order valence-corrected chi connectivity index (χ1v) is 19.4. The molecule has 0 aliphatic carbocycles. The standard InChI is InChI=1S/C42H49FN8O6/c1-21(2)35(48-41(54)55)39(52)50-19-23(5)15-33(50)37-44-29-13-11-26(16-31(29)46-37)24-7-9-25(10-8-24)27-12-14-30-32(17-27)47-38(45-30)34-18-28(43)20-51(34)40(53)36(22(3)4)49-42(56)57-6/h7-14,16-17,21-23,28,33-36,48H,15,18-20H2,1-6H3,(H,44,46)(H,45,47)(H,49,56)(H,54,55)/t23-,28?,33-,34-,35-,36-/m0/s1. The van der Waals surface area contributed by atoms with Gasteiger partial charge in [-0.2, -0.15) is 0 Å². The number of nitrogens with zero attached hydrogens (tertiary/aromatic N) is 4. The number of benzene rings is 3. The van der Waals surface area contributed by atoms with E-state index in [4.69, 9.17) is 14.7 Å². The molecule has 300 valence electrons. The second kappa shape index (κ2) is 15.9. The van der Waals surface area contributed by atoms with Gasteiger partial charge in [-0.05, 0) is 70.7 Å². The van der Waals surface area contributed by atoms with Gasteiger partial charge in [0, 0.05) is 13.0 Å². The van der Waals surface area contributed by atoms with Crippen LogP contribution in [0.1, 0.15) is 71.2 Å². The van der Waals surface area contributed by atoms with Crippen LogP contribution in [0.5, 0.6) is 0 Å². The lowest BCUT2D eigenvalue weighted by molar-refractivity contribution is -0.136. The van der Waals surface area contributed by atoms with Crippen molar-refractivity contribution >= 4 is 46.1 Å². The van der Waals surface area contributed by atoms with E-state index >= 15 is 0 Å². The van der Waals surface area contributed by atoms with Crippen LogP contribution in [0, 0.1) is 17.8 Å². The average molecular weight is 781 g/mol. The first kappa shape index (κ1) is 39.3. The normalized spacial score (nSPS) is 20.7. The molecule has 2 aliphatic rings. The lowest BCUT2D eigenvalue weighted by Gasteiger charge is -2.29. The lowest BCUT2D eigenvalue weighted by Crippen LogP contribution is -2.51. The largest absolute Gasteiger partial charge is 0.465 e. The van der Waals surface area contributed by atoms with Crippen LogP contribution in [0.3, 0.4) is 0 Å². The number of carbonyl (C=O) groups is 4. The minimum atomic E-state index is -1.23. The molecule has 5 N–H and O–H groups in total. The van der Waals surface area contributed by atoms with Gasteiger partial charge in [-0.15, -0.1) is 0 Å². The minimum Gasteiger partial charge on any atom is -0.465 e. The zero-order valence-corrected chi connectivity index (χ0v) is 32.9. The number of imidazole rings is 2. The topological polar surface area (TPSA) is 186 Å². The first-order valence-electron chi connectivity index (χ1n) is 19.4. The summed E-state index contributed by atoms with van der Waals surface area (Å²) in [7, 11) is 1.23. The highest BCUT2D eigenvalue weighted by atomic mass is 19.1. The number of nitrogens with one attached hydrogen (secondary N) is 4. The van der Waals surface area contributed by atoms with Crippen LogP contribution in [0.15, 0.2) is 60.7 Å². The molecule has 7 rings (SSSR count). The van der Waals surface area contributed by atoms with Crippen LogP contribution in [0.4, 0.5) is 14.0 Å². The number of hydrogen-bond acceptors (Lipinski definition) is 7. The van der Waals surface area contributed by atoms with E-state index in [9.17, 15) is 28.7 Å². The number of likely N-dealkylation sites (tertiary alicyclic amines) is 2. The van der Waals surface area contributed by atoms with Crippen LogP contribution < -0.4 is 10.6 Å². The number of carboxylic acid groups (broad SMARTS) is 1. The zero-order chi connectivity index (χ0) is 40.7. The summed E-state index contributed by atoms with van der Waals surface area (Å²) in [6, 6.07) is 17.4. The number of carbonyl (C=O) groups excluding carboxylic acids is 3. The van der Waals surface area contributed by atoms with E-state index in [1.54, 1.807) is 4.90 Å². The molecule has 4 amide bonds. The molecule has 1 unspecified atom stereocenters. The number of fused-ring (bicyclic) bond motifs is 2. The maximum atomic E-state index is 14.8. The monoisotopic (exact) mass is 780 g/mol. The summed E-state index contributed by atoms with van der Waals surface area (Å²) in [4.78, 5) is 70.2. The molecule has 57 heavy (non-hydrogen) atoms. The van der Waals surface area contributed by atoms with Crippen LogP contribution in [0.2, 0.25) is 0 Å². The Labute approximate surface area is 329 Å². The Kier molecular flexibility index (Phi) is 10.9. The summed E-state index contributed by atoms with van der Waals surface area (Å²) in [6.07, 6.45) is -2.36. The van der Waals surface area contributed by atoms with E-state index in [1.165, 1.54) is 12.0 Å². The van der Waals surface area contributed by atoms with Crippen LogP contribution in [-0.4, -0.2) is 97.3 Å². The average Bonchev–Trinajstić information content (AvgIpc) is 3.98. The Balaban J connectivity index is 1.08. The highest BCUT2D eigenvalue weighted by Crippen LogP contribution is 2.38. The molecule has 0 bridgehead atoms. The van der Waals surface area contributed by atoms with Crippen molar-refractivity contribution < 1.29 is 33.4 Å². The molecule has 14 nitrogen and oxygen atoms in total. The number of H-pyrrole nitrogens is 2. The van der Waals surface area contributed by atoms with Crippen molar-refractivity contribution in [1.82, 2.24) is 40.4 Å². The minimum absolute atomic E-state index is 0.0922. The van der Waals surface area contributed by atoms with Crippen LogP contribution in [-0.2, 0) is 14.3 Å². The van der Waals surface area contributed by atoms with Gasteiger partial charge in [-0.3, -0.25) is 9.59 Å². The van der Waals surface area contributed by atoms with Gasteiger partial charge in [0.15, 0.2) is 0 Å². The van der Waals surface area contributed by atoms with Crippen molar-refractivity contribution in [1.29, 1.82) is 0 Å². The van der Waals surface area contributed by atoms with Crippen molar-refractivity contribution in [3.63, 3.8) is 0 Å². The Morgan fingerprint density at radius 2 is 1.19 bits per heavy atom. The summed E-state index contributed by atoms with van der Waals surface area (Å²) < 4.78 is 19.6. The highest BCUT2D eigenvalue weighted by molar-refractivity contribution is 5.88. The second-order valence-corrected chi connectivity index (χ2v) is 16.0. The number of aromatic nitrogens is 4. The number of rotatable bonds is 10. The molecule has 0 saturated carbocycles. The van der Waals surface area contributed by atoms with Crippen LogP contribution in [0.25, 0.3) is 44.3 Å². The van der Waals surface area contributed by atoms with Crippen molar-refractivity contribution in [2.45, 2.75) is 77.8 Å². The molecule has 2 aliphatic heterocycles. The maximum Gasteiger partial charge on any atom is 0.407 e. The fourth-order valence-corrected chi connectivity index (χ4v) is 8.13. The van der Waals surface area contributed by atoms with Gasteiger partial charge in [-0.1, -0.05) is 71.0 Å². The van der Waals surface area contributed by atoms with Crippen LogP contribution >= 0.6 is 0 Å². The third kappa shape index (κ3) is 8.00. The van der Waals surface area contributed by atoms with Gasteiger partial charge in [0.05, 0.1) is 47.8 Å². The fourth-order valence-electron chi connectivity index (χ4n) is 8.13. The van der Waals surface area contributed by atoms with E-state index in [0.29, 0.717) is 23.7 Å². The Bertz CT molecular complexity index is 2300. The third-order valence-electron chi connectivity index (χ3n) is 11.1. The van der Waals surface area contributed by atoms with E-state index < -0.39 is 36.5 Å². The van der Waals surface area contributed by atoms with Crippen molar-refractivity contribution in [3.05, 3.63) is 72.3 Å². The molecule has 4 heterocycles. The molecular weight excluding hydrogens is 732 g/mol. The molecule has 0 spiro atoms. The molecular formula is C42H49FN8O6. The SMILES string of the molecule is COC(=O)N[C@H](C(=O)N1CC(F)C[C@H]1c1nc2ccc(-c3ccc(-c4ccc5nc([C@@H]6C[C@H](C)CN6C(=O)[C@@H](NC(=O)O)C(C)C)[nH]c5c4)cc3)cc2[nH]1)C(C)C. The van der Waals surface area contributed by atoms with Crippen molar-refractivity contribution in [2.75, 3.05) is 20.2 Å². The number of aromatic amines is 2. The Morgan fingerprint density at radius 3 is 1.67 bits per heavy atom. The van der Waals surface area contributed by atoms with Gasteiger partial charge in [0.2, 0.25) is 11.8 Å². The number of halogens is 1. The van der Waals surface area contributed by atoms with Gasteiger partial charge in [0.1, 0.15) is 29.9 Å². The number of amides is 4. The Morgan fingerprint density at radius 1 is 0.737 bits per heavy atom. The molecule has 6 atom stereocenters. The zero-order valence-electron chi connectivity index (χ0n) is 32.9. The number of alkyl carbamates (subject to hydrolysis) is 1. The third-order valence-corrected chi connectivity index (χ3v) is 11.1. The van der Waals surface area contributed by atoms with Gasteiger partial charge in [-0.25, -0.2) is 23.9 Å². The van der Waals surface area contributed by atoms with E-state index in [0.717, 1.165) is 45.2 Å². The predicted molar refractivity (Wildman–Crippen MR) is 213 cm³/mol. The van der Waals surface area contributed by atoms with E-state index in [2.05, 4.69) is 27.5 Å². The van der Waals surface area contributed by atoms with Gasteiger partial charge in [0.25, 0.3) is 0 Å². The molecule has 5 aromatic rings. The van der Waals surface area contributed by atoms with Crippen molar-refractivity contribution in [2.24, 2.45) is 17.8 Å². The summed E-state index contributed by atoms with van der Waals surface area (Å²) in [6.45, 7) is 9.78. The highest BCUT2D eigenvalue weighted by Gasteiger charge is 2.42. The smallest absolute Gasteiger partial charge is 0.407 e. The first-order chi connectivity index (χ1) is 27.2. The molecule has 3 aromatic carbocycles. The predicted octanol–water partition coefficient (Wildman–Crippen LogP) is 6.97. The van der Waals surface area contributed by atoms with Crippen molar-refractivity contribution in [3.8, 4) is 22.3 Å². The quantitative estimate of drug-likeness (QED) is 0.101. The van der Waals surface area contributed by atoms with Gasteiger partial charge < -0.3 is 40.2 Å². The summed E-state index contributed by atoms with van der Waals surface area (Å²) in [5, 5.41) is 14.4. The number of hydrogen-bond donors (Lipinski definition) is 5. The summed E-state index contributed by atoms with van der Waals surface area (Å²) >= 11 is 0. The lowest BCUT2D eigenvalue weighted by atomic mass is 10.00. The molecule has 2 fully saturated rings. The Hall–Kier alpha value is -5.99.